The van der Waals surface area contributed by atoms with Crippen molar-refractivity contribution < 1.29 is 14.6 Å². The minimum Gasteiger partial charge on any atom is -0.493 e. The van der Waals surface area contributed by atoms with Gasteiger partial charge in [-0.3, -0.25) is 4.90 Å². The monoisotopic (exact) mass is 377 g/mol. The maximum Gasteiger partial charge on any atom is 0.125 e. The molecule has 1 atom stereocenters. The fourth-order valence-corrected chi connectivity index (χ4v) is 3.74. The highest BCUT2D eigenvalue weighted by Gasteiger charge is 2.30. The van der Waals surface area contributed by atoms with E-state index < -0.39 is 5.60 Å². The highest BCUT2D eigenvalue weighted by atomic mass is 16.5. The standard InChI is InChI=1S/C23H39NO3/c1-3-4-5-6-7-8-9-12-17-27-22-14-11-10-13-21(22)23(2,25)20-24-15-18-26-19-16-24/h10-11,13-14,25H,3-9,12,15-20H2,1-2H3. The van der Waals surface area contributed by atoms with Gasteiger partial charge in [-0.15, -0.1) is 0 Å². The molecule has 1 aliphatic rings. The largest absolute Gasteiger partial charge is 0.493 e. The molecular formula is C23H39NO3. The zero-order valence-corrected chi connectivity index (χ0v) is 17.4. The molecule has 1 fully saturated rings. The lowest BCUT2D eigenvalue weighted by Crippen LogP contribution is -2.44. The predicted molar refractivity (Wildman–Crippen MR) is 111 cm³/mol. The van der Waals surface area contributed by atoms with E-state index in [4.69, 9.17) is 9.47 Å². The number of hydrogen-bond donors (Lipinski definition) is 1. The third-order valence-electron chi connectivity index (χ3n) is 5.36. The molecule has 4 nitrogen and oxygen atoms in total. The van der Waals surface area contributed by atoms with Crippen LogP contribution in [0.5, 0.6) is 5.75 Å². The van der Waals surface area contributed by atoms with Crippen molar-refractivity contribution >= 4 is 0 Å². The summed E-state index contributed by atoms with van der Waals surface area (Å²) >= 11 is 0. The molecule has 1 aliphatic heterocycles. The average molecular weight is 378 g/mol. The lowest BCUT2D eigenvalue weighted by Gasteiger charge is -2.34. The third kappa shape index (κ3) is 8.20. The summed E-state index contributed by atoms with van der Waals surface area (Å²) < 4.78 is 11.5. The molecule has 1 heterocycles. The summed E-state index contributed by atoms with van der Waals surface area (Å²) in [4.78, 5) is 2.26. The number of ether oxygens (including phenoxy) is 2. The fraction of sp³-hybridized carbons (Fsp3) is 0.739. The molecule has 154 valence electrons. The second-order valence-corrected chi connectivity index (χ2v) is 7.98. The van der Waals surface area contributed by atoms with E-state index in [0.717, 1.165) is 50.6 Å². The number of nitrogens with zero attached hydrogens (tertiary/aromatic N) is 1. The first-order chi connectivity index (χ1) is 13.1. The number of aliphatic hydroxyl groups is 1. The third-order valence-corrected chi connectivity index (χ3v) is 5.36. The number of para-hydroxylation sites is 1. The zero-order chi connectivity index (χ0) is 19.4. The van der Waals surface area contributed by atoms with Crippen molar-refractivity contribution in [1.29, 1.82) is 0 Å². The molecule has 1 saturated heterocycles. The van der Waals surface area contributed by atoms with Gasteiger partial charge in [-0.2, -0.15) is 0 Å². The molecule has 0 aliphatic carbocycles. The summed E-state index contributed by atoms with van der Waals surface area (Å²) in [7, 11) is 0. The summed E-state index contributed by atoms with van der Waals surface area (Å²) in [5.74, 6) is 0.818. The predicted octanol–water partition coefficient (Wildman–Crippen LogP) is 4.75. The van der Waals surface area contributed by atoms with E-state index in [1.807, 2.05) is 31.2 Å². The quantitative estimate of drug-likeness (QED) is 0.504. The highest BCUT2D eigenvalue weighted by molar-refractivity contribution is 5.38. The van der Waals surface area contributed by atoms with Crippen LogP contribution in [0.15, 0.2) is 24.3 Å². The van der Waals surface area contributed by atoms with Crippen molar-refractivity contribution in [3.63, 3.8) is 0 Å². The van der Waals surface area contributed by atoms with Crippen LogP contribution >= 0.6 is 0 Å². The Kier molecular flexibility index (Phi) is 10.2. The van der Waals surface area contributed by atoms with Crippen LogP contribution in [0.4, 0.5) is 0 Å². The van der Waals surface area contributed by atoms with Crippen LogP contribution in [0.1, 0.15) is 70.8 Å². The van der Waals surface area contributed by atoms with Crippen LogP contribution in [-0.2, 0) is 10.3 Å². The van der Waals surface area contributed by atoms with Crippen LogP contribution < -0.4 is 4.74 Å². The second-order valence-electron chi connectivity index (χ2n) is 7.98. The molecule has 1 N–H and O–H groups in total. The Morgan fingerprint density at radius 3 is 2.33 bits per heavy atom. The first-order valence-electron chi connectivity index (χ1n) is 10.9. The smallest absolute Gasteiger partial charge is 0.125 e. The van der Waals surface area contributed by atoms with Crippen molar-refractivity contribution in [1.82, 2.24) is 4.90 Å². The van der Waals surface area contributed by atoms with Gasteiger partial charge < -0.3 is 14.6 Å². The Labute approximate surface area is 165 Å². The van der Waals surface area contributed by atoms with Gasteiger partial charge in [-0.25, -0.2) is 0 Å². The maximum atomic E-state index is 11.1. The summed E-state index contributed by atoms with van der Waals surface area (Å²) in [6, 6.07) is 7.93. The summed E-state index contributed by atoms with van der Waals surface area (Å²) in [6.07, 6.45) is 10.3. The van der Waals surface area contributed by atoms with E-state index in [-0.39, 0.29) is 0 Å². The molecule has 0 aromatic heterocycles. The van der Waals surface area contributed by atoms with Gasteiger partial charge >= 0.3 is 0 Å². The van der Waals surface area contributed by atoms with Crippen LogP contribution in [0.2, 0.25) is 0 Å². The molecule has 0 radical (unpaired) electrons. The van der Waals surface area contributed by atoms with Crippen molar-refractivity contribution in [2.75, 3.05) is 39.5 Å². The number of hydrogen-bond acceptors (Lipinski definition) is 4. The van der Waals surface area contributed by atoms with E-state index in [2.05, 4.69) is 11.8 Å². The Hall–Kier alpha value is -1.10. The normalized spacial score (nSPS) is 17.6. The van der Waals surface area contributed by atoms with Gasteiger partial charge in [0.1, 0.15) is 11.4 Å². The van der Waals surface area contributed by atoms with Gasteiger partial charge in [0, 0.05) is 25.2 Å². The maximum absolute atomic E-state index is 11.1. The number of unbranched alkanes of at least 4 members (excludes halogenated alkanes) is 7. The average Bonchev–Trinajstić information content (AvgIpc) is 2.67. The van der Waals surface area contributed by atoms with Crippen molar-refractivity contribution in [2.24, 2.45) is 0 Å². The number of β-amino-alcohol motifs (C(OH)–C–C–N with tert-alkyl or cyclic N) is 1. The molecule has 0 bridgehead atoms. The number of morpholine rings is 1. The first kappa shape index (κ1) is 22.2. The summed E-state index contributed by atoms with van der Waals surface area (Å²) in [5, 5.41) is 11.1. The molecular weight excluding hydrogens is 338 g/mol. The summed E-state index contributed by atoms with van der Waals surface area (Å²) in [6.45, 7) is 8.71. The zero-order valence-electron chi connectivity index (χ0n) is 17.4. The van der Waals surface area contributed by atoms with Gasteiger partial charge in [-0.1, -0.05) is 70.1 Å². The molecule has 27 heavy (non-hydrogen) atoms. The minimum atomic E-state index is -0.923. The van der Waals surface area contributed by atoms with Crippen molar-refractivity contribution in [3.8, 4) is 5.75 Å². The van der Waals surface area contributed by atoms with E-state index in [9.17, 15) is 5.11 Å². The molecule has 0 spiro atoms. The number of rotatable bonds is 13. The molecule has 1 aromatic carbocycles. The van der Waals surface area contributed by atoms with E-state index in [1.165, 1.54) is 44.9 Å². The Balaban J connectivity index is 1.75. The SMILES string of the molecule is CCCCCCCCCCOc1ccccc1C(C)(O)CN1CCOCC1. The molecule has 2 rings (SSSR count). The van der Waals surface area contributed by atoms with Gasteiger partial charge in [0.05, 0.1) is 19.8 Å². The van der Waals surface area contributed by atoms with Crippen LogP contribution in [0, 0.1) is 0 Å². The van der Waals surface area contributed by atoms with E-state index >= 15 is 0 Å². The molecule has 1 unspecified atom stereocenters. The topological polar surface area (TPSA) is 41.9 Å². The second kappa shape index (κ2) is 12.4. The van der Waals surface area contributed by atoms with Crippen LogP contribution in [0.3, 0.4) is 0 Å². The van der Waals surface area contributed by atoms with Gasteiger partial charge in [-0.05, 0) is 19.4 Å². The summed E-state index contributed by atoms with van der Waals surface area (Å²) in [5.41, 5.74) is -0.0382. The first-order valence-corrected chi connectivity index (χ1v) is 10.9. The fourth-order valence-electron chi connectivity index (χ4n) is 3.74. The molecule has 1 aromatic rings. The number of benzene rings is 1. The molecule has 4 heteroatoms. The van der Waals surface area contributed by atoms with E-state index in [0.29, 0.717) is 6.54 Å². The van der Waals surface area contributed by atoms with Crippen LogP contribution in [-0.4, -0.2) is 49.5 Å². The Morgan fingerprint density at radius 2 is 1.63 bits per heavy atom. The minimum absolute atomic E-state index is 0.606. The lowest BCUT2D eigenvalue weighted by molar-refractivity contribution is -0.0265. The molecule has 0 amide bonds. The Morgan fingerprint density at radius 1 is 1.00 bits per heavy atom. The van der Waals surface area contributed by atoms with Gasteiger partial charge in [0.15, 0.2) is 0 Å². The van der Waals surface area contributed by atoms with E-state index in [1.54, 1.807) is 0 Å². The van der Waals surface area contributed by atoms with Crippen molar-refractivity contribution in [3.05, 3.63) is 29.8 Å². The van der Waals surface area contributed by atoms with Gasteiger partial charge in [0.25, 0.3) is 0 Å². The van der Waals surface area contributed by atoms with Crippen LogP contribution in [0.25, 0.3) is 0 Å². The lowest BCUT2D eigenvalue weighted by atomic mass is 9.94. The Bertz CT molecular complexity index is 512. The molecule has 0 saturated carbocycles. The van der Waals surface area contributed by atoms with Crippen molar-refractivity contribution in [2.45, 2.75) is 70.8 Å². The highest BCUT2D eigenvalue weighted by Crippen LogP contribution is 2.31. The van der Waals surface area contributed by atoms with Gasteiger partial charge in [0.2, 0.25) is 0 Å².